The molecule has 3 N–H and O–H groups in total. The Hall–Kier alpha value is -1.85. The molecule has 0 spiro atoms. The van der Waals surface area contributed by atoms with Crippen LogP contribution in [0.5, 0.6) is 0 Å². The Morgan fingerprint density at radius 3 is 3.00 bits per heavy atom. The maximum Gasteiger partial charge on any atom is 0.276 e. The summed E-state index contributed by atoms with van der Waals surface area (Å²) in [4.78, 5) is 12.4. The quantitative estimate of drug-likeness (QED) is 0.814. The van der Waals surface area contributed by atoms with Gasteiger partial charge < -0.3 is 10.6 Å². The molecule has 0 fully saturated rings. The first-order chi connectivity index (χ1) is 10.2. The molecule has 6 heteroatoms. The Morgan fingerprint density at radius 2 is 2.23 bits per heavy atom. The van der Waals surface area contributed by atoms with Gasteiger partial charge in [-0.3, -0.25) is 9.89 Å². The van der Waals surface area contributed by atoms with E-state index in [2.05, 4.69) is 34.7 Å². The average molecular weight is 321 g/mol. The van der Waals surface area contributed by atoms with Gasteiger partial charge in [0.1, 0.15) is 0 Å². The number of carbonyl (C=O) groups excluding carboxylic acids is 1. The SMILES string of the molecule is CCc1cc(NC(=O)c2n[nH]c3c2CNCC3)ccc1C.Cl. The largest absolute Gasteiger partial charge is 0.321 e. The average Bonchev–Trinajstić information content (AvgIpc) is 2.93. The minimum atomic E-state index is -0.151. The molecule has 0 bridgehead atoms. The summed E-state index contributed by atoms with van der Waals surface area (Å²) in [5, 5.41) is 13.4. The summed E-state index contributed by atoms with van der Waals surface area (Å²) in [6, 6.07) is 6.00. The van der Waals surface area contributed by atoms with Gasteiger partial charge in [-0.1, -0.05) is 13.0 Å². The van der Waals surface area contributed by atoms with Crippen LogP contribution in [-0.4, -0.2) is 22.6 Å². The highest BCUT2D eigenvalue weighted by atomic mass is 35.5. The number of hydrogen-bond donors (Lipinski definition) is 3. The van der Waals surface area contributed by atoms with Crippen LogP contribution in [0, 0.1) is 6.92 Å². The van der Waals surface area contributed by atoms with Crippen molar-refractivity contribution in [3.05, 3.63) is 46.3 Å². The van der Waals surface area contributed by atoms with Gasteiger partial charge in [-0.25, -0.2) is 0 Å². The summed E-state index contributed by atoms with van der Waals surface area (Å²) >= 11 is 0. The van der Waals surface area contributed by atoms with Gasteiger partial charge in [-0.15, -0.1) is 12.4 Å². The molecule has 1 aliphatic heterocycles. The summed E-state index contributed by atoms with van der Waals surface area (Å²) < 4.78 is 0. The number of nitrogens with one attached hydrogen (secondary N) is 3. The van der Waals surface area contributed by atoms with E-state index in [1.807, 2.05) is 18.2 Å². The lowest BCUT2D eigenvalue weighted by Gasteiger charge is -2.13. The van der Waals surface area contributed by atoms with Crippen LogP contribution in [0.3, 0.4) is 0 Å². The van der Waals surface area contributed by atoms with Crippen LogP contribution in [0.2, 0.25) is 0 Å². The molecule has 3 rings (SSSR count). The molecule has 22 heavy (non-hydrogen) atoms. The second-order valence-corrected chi connectivity index (χ2v) is 5.41. The third-order valence-electron chi connectivity index (χ3n) is 4.01. The van der Waals surface area contributed by atoms with Crippen LogP contribution in [-0.2, 0) is 19.4 Å². The lowest BCUT2D eigenvalue weighted by atomic mass is 10.0. The molecule has 0 saturated carbocycles. The molecule has 1 aromatic carbocycles. The van der Waals surface area contributed by atoms with Crippen LogP contribution < -0.4 is 10.6 Å². The Labute approximate surface area is 136 Å². The van der Waals surface area contributed by atoms with Crippen molar-refractivity contribution < 1.29 is 4.79 Å². The van der Waals surface area contributed by atoms with Crippen molar-refractivity contribution in [2.45, 2.75) is 33.2 Å². The molecule has 1 aromatic heterocycles. The summed E-state index contributed by atoms with van der Waals surface area (Å²) in [6.07, 6.45) is 1.84. The molecular weight excluding hydrogens is 300 g/mol. The molecular formula is C16H21ClN4O. The predicted octanol–water partition coefficient (Wildman–Crippen LogP) is 2.60. The number of benzene rings is 1. The van der Waals surface area contributed by atoms with Gasteiger partial charge in [0.25, 0.3) is 5.91 Å². The number of aromatic nitrogens is 2. The summed E-state index contributed by atoms with van der Waals surface area (Å²) in [5.41, 5.74) is 5.87. The van der Waals surface area contributed by atoms with Gasteiger partial charge >= 0.3 is 0 Å². The van der Waals surface area contributed by atoms with E-state index in [4.69, 9.17) is 0 Å². The first kappa shape index (κ1) is 16.5. The van der Waals surface area contributed by atoms with E-state index < -0.39 is 0 Å². The molecule has 0 atom stereocenters. The molecule has 0 radical (unpaired) electrons. The van der Waals surface area contributed by atoms with Crippen molar-refractivity contribution >= 4 is 24.0 Å². The van der Waals surface area contributed by atoms with Gasteiger partial charge in [-0.2, -0.15) is 5.10 Å². The second kappa shape index (κ2) is 6.94. The minimum absolute atomic E-state index is 0. The van der Waals surface area contributed by atoms with E-state index in [1.165, 1.54) is 11.1 Å². The number of carbonyl (C=O) groups is 1. The molecule has 2 heterocycles. The van der Waals surface area contributed by atoms with E-state index in [-0.39, 0.29) is 18.3 Å². The monoisotopic (exact) mass is 320 g/mol. The highest BCUT2D eigenvalue weighted by Crippen LogP contribution is 2.19. The topological polar surface area (TPSA) is 69.8 Å². The van der Waals surface area contributed by atoms with Gasteiger partial charge in [0.2, 0.25) is 0 Å². The smallest absolute Gasteiger partial charge is 0.276 e. The van der Waals surface area contributed by atoms with Crippen LogP contribution in [0.4, 0.5) is 5.69 Å². The van der Waals surface area contributed by atoms with Gasteiger partial charge in [0.05, 0.1) is 0 Å². The van der Waals surface area contributed by atoms with Crippen LogP contribution in [0.15, 0.2) is 18.2 Å². The van der Waals surface area contributed by atoms with Crippen LogP contribution >= 0.6 is 12.4 Å². The van der Waals surface area contributed by atoms with E-state index in [9.17, 15) is 4.79 Å². The van der Waals surface area contributed by atoms with E-state index in [1.54, 1.807) is 0 Å². The van der Waals surface area contributed by atoms with Crippen LogP contribution in [0.1, 0.15) is 39.8 Å². The summed E-state index contributed by atoms with van der Waals surface area (Å²) in [6.45, 7) is 5.82. The fourth-order valence-electron chi connectivity index (χ4n) is 2.73. The van der Waals surface area contributed by atoms with Crippen molar-refractivity contribution in [1.82, 2.24) is 15.5 Å². The highest BCUT2D eigenvalue weighted by molar-refractivity contribution is 6.04. The number of fused-ring (bicyclic) bond motifs is 1. The summed E-state index contributed by atoms with van der Waals surface area (Å²) in [7, 11) is 0. The van der Waals surface area contributed by atoms with Gasteiger partial charge in [0, 0.05) is 36.5 Å². The standard InChI is InChI=1S/C16H20N4O.ClH/c1-3-11-8-12(5-4-10(11)2)18-16(21)15-13-9-17-7-6-14(13)19-20-15;/h4-5,8,17H,3,6-7,9H2,1-2H3,(H,18,21)(H,19,20);1H. The number of aryl methyl sites for hydroxylation is 2. The van der Waals surface area contributed by atoms with Crippen molar-refractivity contribution in [3.8, 4) is 0 Å². The Morgan fingerprint density at radius 1 is 1.41 bits per heavy atom. The third kappa shape index (κ3) is 3.15. The van der Waals surface area contributed by atoms with Gasteiger partial charge in [-0.05, 0) is 36.6 Å². The third-order valence-corrected chi connectivity index (χ3v) is 4.01. The number of H-pyrrole nitrogens is 1. The lowest BCUT2D eigenvalue weighted by Crippen LogP contribution is -2.25. The van der Waals surface area contributed by atoms with E-state index in [0.717, 1.165) is 36.3 Å². The summed E-state index contributed by atoms with van der Waals surface area (Å²) in [5.74, 6) is -0.151. The number of anilines is 1. The van der Waals surface area contributed by atoms with Crippen molar-refractivity contribution in [3.63, 3.8) is 0 Å². The predicted molar refractivity (Wildman–Crippen MR) is 89.8 cm³/mol. The normalized spacial score (nSPS) is 13.2. The number of amides is 1. The Kier molecular flexibility index (Phi) is 5.21. The zero-order valence-corrected chi connectivity index (χ0v) is 13.6. The zero-order valence-electron chi connectivity index (χ0n) is 12.8. The molecule has 118 valence electrons. The zero-order chi connectivity index (χ0) is 14.8. The molecule has 0 saturated heterocycles. The van der Waals surface area contributed by atoms with E-state index in [0.29, 0.717) is 12.2 Å². The van der Waals surface area contributed by atoms with E-state index >= 15 is 0 Å². The van der Waals surface area contributed by atoms with Crippen molar-refractivity contribution in [2.75, 3.05) is 11.9 Å². The van der Waals surface area contributed by atoms with Gasteiger partial charge in [0.15, 0.2) is 5.69 Å². The molecule has 5 nitrogen and oxygen atoms in total. The fraction of sp³-hybridized carbons (Fsp3) is 0.375. The van der Waals surface area contributed by atoms with Crippen molar-refractivity contribution in [2.24, 2.45) is 0 Å². The van der Waals surface area contributed by atoms with Crippen LogP contribution in [0.25, 0.3) is 0 Å². The molecule has 1 amide bonds. The number of nitrogens with zero attached hydrogens (tertiary/aromatic N) is 1. The highest BCUT2D eigenvalue weighted by Gasteiger charge is 2.21. The first-order valence-electron chi connectivity index (χ1n) is 7.36. The minimum Gasteiger partial charge on any atom is -0.321 e. The number of aromatic amines is 1. The molecule has 2 aromatic rings. The lowest BCUT2D eigenvalue weighted by molar-refractivity contribution is 0.102. The maximum atomic E-state index is 12.4. The molecule has 0 aliphatic carbocycles. The fourth-order valence-corrected chi connectivity index (χ4v) is 2.73. The van der Waals surface area contributed by atoms with Crippen molar-refractivity contribution in [1.29, 1.82) is 0 Å². The first-order valence-corrected chi connectivity index (χ1v) is 7.36. The molecule has 1 aliphatic rings. The second-order valence-electron chi connectivity index (χ2n) is 5.41. The number of hydrogen-bond acceptors (Lipinski definition) is 3. The molecule has 0 unspecified atom stereocenters. The Bertz CT molecular complexity index is 681. The maximum absolute atomic E-state index is 12.4. The number of rotatable bonds is 3. The Balaban J connectivity index is 0.00000176. The number of halogens is 1.